The number of hydrogen-bond acceptors (Lipinski definition) is 6. The second-order valence-electron chi connectivity index (χ2n) is 6.37. The van der Waals surface area contributed by atoms with E-state index in [-0.39, 0.29) is 18.7 Å². The van der Waals surface area contributed by atoms with Gasteiger partial charge in [0.2, 0.25) is 17.6 Å². The molecule has 2 aromatic heterocycles. The second-order valence-corrected chi connectivity index (χ2v) is 7.15. The lowest BCUT2D eigenvalue weighted by Crippen LogP contribution is -2.48. The summed E-state index contributed by atoms with van der Waals surface area (Å²) in [5.74, 6) is -0.356. The van der Waals surface area contributed by atoms with Crippen molar-refractivity contribution in [2.75, 3.05) is 0 Å². The number of aliphatic carboxylic acids is 1. The van der Waals surface area contributed by atoms with Crippen LogP contribution in [0.25, 0.3) is 11.4 Å². The molecule has 1 atom stereocenters. The van der Waals surface area contributed by atoms with Crippen LogP contribution in [0.15, 0.2) is 45.6 Å². The highest BCUT2D eigenvalue weighted by Crippen LogP contribution is 2.25. The normalized spacial score (nSPS) is 16.1. The molecule has 3 heterocycles. The largest absolute Gasteiger partial charge is 0.480 e. The molecule has 0 radical (unpaired) electrons. The number of rotatable bonds is 5. The number of carbonyl (C=O) groups is 2. The molecule has 1 amide bonds. The molecule has 1 N–H and O–H groups in total. The summed E-state index contributed by atoms with van der Waals surface area (Å²) in [5.41, 5.74) is 2.84. The van der Waals surface area contributed by atoms with Gasteiger partial charge >= 0.3 is 5.97 Å². The van der Waals surface area contributed by atoms with Gasteiger partial charge in [0.05, 0.1) is 0 Å². The fraction of sp³-hybridized carbons (Fsp3) is 0.263. The average Bonchev–Trinajstić information content (AvgIpc) is 3.36. The van der Waals surface area contributed by atoms with Crippen LogP contribution >= 0.6 is 11.3 Å². The molecule has 0 saturated carbocycles. The maximum Gasteiger partial charge on any atom is 0.326 e. The highest BCUT2D eigenvalue weighted by atomic mass is 32.1. The molecule has 0 fully saturated rings. The Labute approximate surface area is 159 Å². The molecule has 138 valence electrons. The van der Waals surface area contributed by atoms with Gasteiger partial charge in [0.15, 0.2) is 0 Å². The van der Waals surface area contributed by atoms with Gasteiger partial charge in [-0.25, -0.2) is 4.79 Å². The number of aromatic nitrogens is 2. The second kappa shape index (κ2) is 7.32. The summed E-state index contributed by atoms with van der Waals surface area (Å²) >= 11 is 1.54. The molecule has 27 heavy (non-hydrogen) atoms. The molecule has 8 heteroatoms. The van der Waals surface area contributed by atoms with E-state index in [1.807, 2.05) is 41.1 Å². The number of fused-ring (bicyclic) bond motifs is 1. The van der Waals surface area contributed by atoms with Crippen LogP contribution < -0.4 is 0 Å². The van der Waals surface area contributed by atoms with Crippen molar-refractivity contribution >= 4 is 23.2 Å². The predicted octanol–water partition coefficient (Wildman–Crippen LogP) is 2.77. The molecule has 1 aliphatic heterocycles. The number of carboxylic acid groups (broad SMARTS) is 1. The molecule has 0 aliphatic carbocycles. The zero-order valence-electron chi connectivity index (χ0n) is 14.4. The molecule has 0 unspecified atom stereocenters. The minimum Gasteiger partial charge on any atom is -0.480 e. The van der Waals surface area contributed by atoms with E-state index < -0.39 is 12.0 Å². The molecule has 1 aliphatic rings. The Kier molecular flexibility index (Phi) is 4.72. The number of aryl methyl sites for hydroxylation is 1. The highest BCUT2D eigenvalue weighted by molar-refractivity contribution is 7.08. The predicted molar refractivity (Wildman–Crippen MR) is 98.1 cm³/mol. The first kappa shape index (κ1) is 17.4. The molecule has 7 nitrogen and oxygen atoms in total. The first-order valence-electron chi connectivity index (χ1n) is 8.56. The zero-order chi connectivity index (χ0) is 18.8. The summed E-state index contributed by atoms with van der Waals surface area (Å²) in [4.78, 5) is 30.1. The van der Waals surface area contributed by atoms with Crippen molar-refractivity contribution in [2.24, 2.45) is 0 Å². The maximum atomic E-state index is 12.7. The third kappa shape index (κ3) is 3.61. The molecule has 0 bridgehead atoms. The fourth-order valence-corrected chi connectivity index (χ4v) is 3.86. The molecule has 0 spiro atoms. The van der Waals surface area contributed by atoms with Gasteiger partial charge in [0.1, 0.15) is 6.04 Å². The minimum atomic E-state index is -0.990. The van der Waals surface area contributed by atoms with Crippen molar-refractivity contribution in [1.82, 2.24) is 15.0 Å². The Morgan fingerprint density at radius 3 is 2.81 bits per heavy atom. The lowest BCUT2D eigenvalue weighted by atomic mass is 9.93. The van der Waals surface area contributed by atoms with Gasteiger partial charge in [-0.3, -0.25) is 4.79 Å². The van der Waals surface area contributed by atoms with Crippen LogP contribution in [0.3, 0.4) is 0 Å². The quantitative estimate of drug-likeness (QED) is 0.728. The van der Waals surface area contributed by atoms with Gasteiger partial charge in [-0.1, -0.05) is 29.4 Å². The van der Waals surface area contributed by atoms with Gasteiger partial charge in [0, 0.05) is 36.8 Å². The van der Waals surface area contributed by atoms with Crippen LogP contribution in [0.4, 0.5) is 0 Å². The lowest BCUT2D eigenvalue weighted by molar-refractivity contribution is -0.151. The number of amides is 1. The first-order chi connectivity index (χ1) is 13.1. The van der Waals surface area contributed by atoms with Crippen molar-refractivity contribution in [3.05, 3.63) is 58.1 Å². The van der Waals surface area contributed by atoms with Crippen molar-refractivity contribution in [3.63, 3.8) is 0 Å². The zero-order valence-corrected chi connectivity index (χ0v) is 15.2. The van der Waals surface area contributed by atoms with Crippen LogP contribution in [0.5, 0.6) is 0 Å². The molecule has 1 aromatic carbocycles. The monoisotopic (exact) mass is 383 g/mol. The number of hydrogen-bond donors (Lipinski definition) is 1. The standard InChI is InChI=1S/C19H17N3O4S/c23-17(6-5-16-20-18(21-26-16)14-7-8-27-11-14)22-10-13-4-2-1-3-12(13)9-15(22)19(24)25/h1-4,7-8,11,15H,5-6,9-10H2,(H,24,25)/t15-/m0/s1. The highest BCUT2D eigenvalue weighted by Gasteiger charge is 2.34. The van der Waals surface area contributed by atoms with Crippen molar-refractivity contribution in [3.8, 4) is 11.4 Å². The fourth-order valence-electron chi connectivity index (χ4n) is 3.23. The van der Waals surface area contributed by atoms with E-state index in [0.717, 1.165) is 16.7 Å². The third-order valence-corrected chi connectivity index (χ3v) is 5.34. The maximum absolute atomic E-state index is 12.7. The van der Waals surface area contributed by atoms with E-state index in [1.54, 1.807) is 11.3 Å². The topological polar surface area (TPSA) is 96.5 Å². The van der Waals surface area contributed by atoms with E-state index in [9.17, 15) is 14.7 Å². The number of benzene rings is 1. The van der Waals surface area contributed by atoms with Gasteiger partial charge in [-0.05, 0) is 22.6 Å². The van der Waals surface area contributed by atoms with Gasteiger partial charge in [-0.2, -0.15) is 16.3 Å². The Balaban J connectivity index is 1.45. The van der Waals surface area contributed by atoms with E-state index in [1.165, 1.54) is 4.90 Å². The lowest BCUT2D eigenvalue weighted by Gasteiger charge is -2.34. The third-order valence-electron chi connectivity index (χ3n) is 4.65. The van der Waals surface area contributed by atoms with E-state index in [4.69, 9.17) is 4.52 Å². The summed E-state index contributed by atoms with van der Waals surface area (Å²) in [5, 5.41) is 17.3. The summed E-state index contributed by atoms with van der Waals surface area (Å²) < 4.78 is 5.21. The molecular formula is C19H17N3O4S. The number of nitrogens with zero attached hydrogens (tertiary/aromatic N) is 3. The minimum absolute atomic E-state index is 0.122. The summed E-state index contributed by atoms with van der Waals surface area (Å²) in [6, 6.07) is 8.67. The number of carbonyl (C=O) groups excluding carboxylic acids is 1. The van der Waals surface area contributed by atoms with Crippen LogP contribution in [-0.2, 0) is 29.0 Å². The molecule has 4 rings (SSSR count). The van der Waals surface area contributed by atoms with Gasteiger partial charge in [-0.15, -0.1) is 0 Å². The first-order valence-corrected chi connectivity index (χ1v) is 9.50. The Morgan fingerprint density at radius 1 is 1.26 bits per heavy atom. The van der Waals surface area contributed by atoms with E-state index >= 15 is 0 Å². The van der Waals surface area contributed by atoms with Crippen molar-refractivity contribution in [1.29, 1.82) is 0 Å². The molecule has 0 saturated heterocycles. The van der Waals surface area contributed by atoms with E-state index in [2.05, 4.69) is 10.1 Å². The smallest absolute Gasteiger partial charge is 0.326 e. The van der Waals surface area contributed by atoms with Crippen LogP contribution in [-0.4, -0.2) is 38.1 Å². The van der Waals surface area contributed by atoms with Gasteiger partial charge < -0.3 is 14.5 Å². The Bertz CT molecular complexity index is 967. The Morgan fingerprint density at radius 2 is 2.07 bits per heavy atom. The number of thiophene rings is 1. The Hall–Kier alpha value is -3.00. The average molecular weight is 383 g/mol. The van der Waals surface area contributed by atoms with Crippen molar-refractivity contribution in [2.45, 2.75) is 31.8 Å². The van der Waals surface area contributed by atoms with Gasteiger partial charge in [0.25, 0.3) is 0 Å². The molecular weight excluding hydrogens is 366 g/mol. The summed E-state index contributed by atoms with van der Waals surface area (Å²) in [7, 11) is 0. The van der Waals surface area contributed by atoms with Crippen molar-refractivity contribution < 1.29 is 19.2 Å². The summed E-state index contributed by atoms with van der Waals surface area (Å²) in [6.45, 7) is 0.302. The molecule has 3 aromatic rings. The number of carboxylic acids is 1. The van der Waals surface area contributed by atoms with E-state index in [0.29, 0.717) is 24.7 Å². The van der Waals surface area contributed by atoms with Crippen LogP contribution in [0.2, 0.25) is 0 Å². The summed E-state index contributed by atoms with van der Waals surface area (Å²) in [6.07, 6.45) is 0.720. The van der Waals surface area contributed by atoms with Crippen LogP contribution in [0.1, 0.15) is 23.4 Å². The van der Waals surface area contributed by atoms with Crippen LogP contribution in [0, 0.1) is 0 Å². The SMILES string of the molecule is O=C(O)[C@@H]1Cc2ccccc2CN1C(=O)CCc1nc(-c2ccsc2)no1.